The minimum atomic E-state index is -0.585. The van der Waals surface area contributed by atoms with Crippen molar-refractivity contribution in [2.45, 2.75) is 85.4 Å². The topological polar surface area (TPSA) is 58.6 Å². The summed E-state index contributed by atoms with van der Waals surface area (Å²) in [5, 5.41) is 3.03. The molecule has 5 heteroatoms. The van der Waals surface area contributed by atoms with E-state index in [0.29, 0.717) is 18.7 Å². The quantitative estimate of drug-likeness (QED) is 0.584. The van der Waals surface area contributed by atoms with Crippen LogP contribution >= 0.6 is 0 Å². The maximum atomic E-state index is 13.5. The normalized spacial score (nSPS) is 12.7. The van der Waals surface area contributed by atoms with Gasteiger partial charge in [0.1, 0.15) is 11.8 Å². The molecule has 0 aliphatic rings. The van der Waals surface area contributed by atoms with Gasteiger partial charge in [0, 0.05) is 12.1 Å². The fraction of sp³-hybridized carbons (Fsp3) is 0.500. The van der Waals surface area contributed by atoms with Crippen LogP contribution in [0.4, 0.5) is 0 Å². The minimum Gasteiger partial charge on any atom is -0.483 e. The highest BCUT2D eigenvalue weighted by Crippen LogP contribution is 2.31. The van der Waals surface area contributed by atoms with Crippen molar-refractivity contribution in [2.24, 2.45) is 0 Å². The van der Waals surface area contributed by atoms with Gasteiger partial charge < -0.3 is 15.0 Å². The Balaban J connectivity index is 2.30. The zero-order valence-electron chi connectivity index (χ0n) is 21.5. The summed E-state index contributed by atoms with van der Waals surface area (Å²) in [6.45, 7) is 16.3. The Morgan fingerprint density at radius 3 is 2.24 bits per heavy atom. The molecule has 2 amide bonds. The summed E-state index contributed by atoms with van der Waals surface area (Å²) in [7, 11) is 0. The number of hydrogen-bond acceptors (Lipinski definition) is 3. The predicted octanol–water partition coefficient (Wildman–Crippen LogP) is 5.39. The lowest BCUT2D eigenvalue weighted by Crippen LogP contribution is -2.54. The van der Waals surface area contributed by atoms with E-state index < -0.39 is 6.04 Å². The smallest absolute Gasteiger partial charge is 0.261 e. The van der Waals surface area contributed by atoms with Gasteiger partial charge >= 0.3 is 0 Å². The Hall–Kier alpha value is -2.82. The molecule has 0 saturated heterocycles. The largest absolute Gasteiger partial charge is 0.483 e. The highest BCUT2D eigenvalue weighted by Gasteiger charge is 2.31. The molecule has 0 spiro atoms. The van der Waals surface area contributed by atoms with Crippen molar-refractivity contribution in [3.8, 4) is 5.75 Å². The van der Waals surface area contributed by atoms with E-state index in [4.69, 9.17) is 4.74 Å². The van der Waals surface area contributed by atoms with Crippen LogP contribution in [0.15, 0.2) is 48.5 Å². The van der Waals surface area contributed by atoms with Crippen molar-refractivity contribution < 1.29 is 14.3 Å². The molecule has 0 bridgehead atoms. The monoisotopic (exact) mass is 452 g/mol. The second-order valence-corrected chi connectivity index (χ2v) is 10.7. The van der Waals surface area contributed by atoms with Crippen LogP contribution in [-0.2, 0) is 21.5 Å². The van der Waals surface area contributed by atoms with Gasteiger partial charge in [-0.05, 0) is 56.7 Å². The van der Waals surface area contributed by atoms with Gasteiger partial charge in [-0.15, -0.1) is 0 Å². The minimum absolute atomic E-state index is 0.112. The molecule has 1 atom stereocenters. The number of aryl methyl sites for hydroxylation is 1. The third-order valence-electron chi connectivity index (χ3n) is 5.37. The first-order chi connectivity index (χ1) is 15.3. The molecule has 2 aromatic rings. The van der Waals surface area contributed by atoms with Crippen LogP contribution < -0.4 is 10.1 Å². The maximum Gasteiger partial charge on any atom is 0.261 e. The Labute approximate surface area is 199 Å². The van der Waals surface area contributed by atoms with E-state index >= 15 is 0 Å². The van der Waals surface area contributed by atoms with Crippen LogP contribution in [0, 0.1) is 6.92 Å². The Kier molecular flexibility index (Phi) is 8.70. The number of carbonyl (C=O) groups excluding carboxylic acids is 2. The first kappa shape index (κ1) is 26.4. The van der Waals surface area contributed by atoms with E-state index in [1.54, 1.807) is 4.90 Å². The first-order valence-corrected chi connectivity index (χ1v) is 11.7. The van der Waals surface area contributed by atoms with E-state index in [-0.39, 0.29) is 29.4 Å². The molecule has 1 unspecified atom stereocenters. The van der Waals surface area contributed by atoms with Crippen molar-refractivity contribution >= 4 is 11.8 Å². The van der Waals surface area contributed by atoms with Gasteiger partial charge in [-0.25, -0.2) is 0 Å². The number of para-hydroxylation sites is 1. The number of hydrogen-bond donors (Lipinski definition) is 1. The van der Waals surface area contributed by atoms with E-state index in [1.807, 2.05) is 83.1 Å². The highest BCUT2D eigenvalue weighted by molar-refractivity contribution is 5.88. The standard InChI is InChI=1S/C28H40N2O3/c1-9-23(26(32)29-28(6,7)8)30(18-21-14-12-13-20(2)17-21)25(31)19-33-24-16-11-10-15-22(24)27(3,4)5/h10-17,23H,9,18-19H2,1-8H3,(H,29,32). The highest BCUT2D eigenvalue weighted by atomic mass is 16.5. The van der Waals surface area contributed by atoms with Gasteiger partial charge in [-0.3, -0.25) is 9.59 Å². The molecule has 0 saturated carbocycles. The second kappa shape index (κ2) is 10.9. The van der Waals surface area contributed by atoms with Gasteiger partial charge in [0.05, 0.1) is 0 Å². The molecular formula is C28H40N2O3. The van der Waals surface area contributed by atoms with Crippen LogP contribution in [0.3, 0.4) is 0 Å². The SMILES string of the molecule is CCC(C(=O)NC(C)(C)C)N(Cc1cccc(C)c1)C(=O)COc1ccccc1C(C)(C)C. The molecule has 33 heavy (non-hydrogen) atoms. The summed E-state index contributed by atoms with van der Waals surface area (Å²) in [5.41, 5.74) is 2.65. The third-order valence-corrected chi connectivity index (χ3v) is 5.37. The number of rotatable bonds is 8. The molecule has 1 N–H and O–H groups in total. The number of carbonyl (C=O) groups is 2. The lowest BCUT2D eigenvalue weighted by atomic mass is 9.86. The molecule has 5 nitrogen and oxygen atoms in total. The van der Waals surface area contributed by atoms with Crippen molar-refractivity contribution in [3.63, 3.8) is 0 Å². The summed E-state index contributed by atoms with van der Waals surface area (Å²) in [4.78, 5) is 28.2. The second-order valence-electron chi connectivity index (χ2n) is 10.7. The van der Waals surface area contributed by atoms with Gasteiger partial charge in [0.25, 0.3) is 5.91 Å². The van der Waals surface area contributed by atoms with Gasteiger partial charge in [0.2, 0.25) is 5.91 Å². The van der Waals surface area contributed by atoms with E-state index in [1.165, 1.54) is 0 Å². The fourth-order valence-corrected chi connectivity index (χ4v) is 3.81. The summed E-state index contributed by atoms with van der Waals surface area (Å²) < 4.78 is 6.02. The van der Waals surface area contributed by atoms with Crippen LogP contribution in [0.5, 0.6) is 5.75 Å². The number of amides is 2. The average molecular weight is 453 g/mol. The summed E-state index contributed by atoms with van der Waals surface area (Å²) in [5.74, 6) is 0.332. The molecule has 0 aliphatic heterocycles. The number of ether oxygens (including phenoxy) is 1. The first-order valence-electron chi connectivity index (χ1n) is 11.7. The van der Waals surface area contributed by atoms with Crippen molar-refractivity contribution in [2.75, 3.05) is 6.61 Å². The molecule has 0 heterocycles. The lowest BCUT2D eigenvalue weighted by molar-refractivity contribution is -0.143. The number of benzene rings is 2. The summed E-state index contributed by atoms with van der Waals surface area (Å²) >= 11 is 0. The predicted molar refractivity (Wildman–Crippen MR) is 134 cm³/mol. The van der Waals surface area contributed by atoms with Crippen LogP contribution in [0.1, 0.15) is 71.6 Å². The molecule has 0 aliphatic carbocycles. The maximum absolute atomic E-state index is 13.5. The Morgan fingerprint density at radius 2 is 1.67 bits per heavy atom. The fourth-order valence-electron chi connectivity index (χ4n) is 3.81. The molecular weight excluding hydrogens is 412 g/mol. The Morgan fingerprint density at radius 1 is 1.00 bits per heavy atom. The molecule has 0 radical (unpaired) electrons. The van der Waals surface area contributed by atoms with E-state index in [2.05, 4.69) is 26.1 Å². The summed E-state index contributed by atoms with van der Waals surface area (Å²) in [6, 6.07) is 15.2. The third kappa shape index (κ3) is 7.92. The number of nitrogens with one attached hydrogen (secondary N) is 1. The van der Waals surface area contributed by atoms with Gasteiger partial charge in [-0.2, -0.15) is 0 Å². The van der Waals surface area contributed by atoms with Crippen molar-refractivity contribution in [3.05, 3.63) is 65.2 Å². The lowest BCUT2D eigenvalue weighted by Gasteiger charge is -2.33. The van der Waals surface area contributed by atoms with Crippen LogP contribution in [0.25, 0.3) is 0 Å². The zero-order valence-corrected chi connectivity index (χ0v) is 21.5. The van der Waals surface area contributed by atoms with E-state index in [9.17, 15) is 9.59 Å². The average Bonchev–Trinajstić information content (AvgIpc) is 2.70. The van der Waals surface area contributed by atoms with Crippen LogP contribution in [0.2, 0.25) is 0 Å². The van der Waals surface area contributed by atoms with Gasteiger partial charge in [0.15, 0.2) is 6.61 Å². The van der Waals surface area contributed by atoms with E-state index in [0.717, 1.165) is 16.7 Å². The van der Waals surface area contributed by atoms with Crippen molar-refractivity contribution in [1.29, 1.82) is 0 Å². The zero-order chi connectivity index (χ0) is 24.8. The molecule has 0 aromatic heterocycles. The van der Waals surface area contributed by atoms with Crippen molar-refractivity contribution in [1.82, 2.24) is 10.2 Å². The summed E-state index contributed by atoms with van der Waals surface area (Å²) in [6.07, 6.45) is 0.512. The Bertz CT molecular complexity index is 954. The molecule has 180 valence electrons. The molecule has 2 aromatic carbocycles. The molecule has 2 rings (SSSR count). The molecule has 0 fully saturated rings. The van der Waals surface area contributed by atoms with Gasteiger partial charge in [-0.1, -0.05) is 75.7 Å². The van der Waals surface area contributed by atoms with Crippen LogP contribution in [-0.4, -0.2) is 34.9 Å². The number of nitrogens with zero attached hydrogens (tertiary/aromatic N) is 1.